The van der Waals surface area contributed by atoms with Gasteiger partial charge >= 0.3 is 5.97 Å². The Morgan fingerprint density at radius 3 is 2.63 bits per heavy atom. The van der Waals surface area contributed by atoms with Crippen LogP contribution in [-0.2, 0) is 19.2 Å². The lowest BCUT2D eigenvalue weighted by Gasteiger charge is -2.13. The Kier molecular flexibility index (Phi) is 11.2. The van der Waals surface area contributed by atoms with Gasteiger partial charge < -0.3 is 16.3 Å². The molecule has 0 aromatic heterocycles. The molecule has 0 aliphatic carbocycles. The maximum absolute atomic E-state index is 12.5. The monoisotopic (exact) mass is 503 g/mol. The molecule has 0 saturated carbocycles. The molecule has 2 unspecified atom stereocenters. The van der Waals surface area contributed by atoms with Gasteiger partial charge in [-0.1, -0.05) is 17.2 Å². The van der Waals surface area contributed by atoms with Gasteiger partial charge in [0.1, 0.15) is 5.78 Å². The minimum atomic E-state index is -0.864. The van der Waals surface area contributed by atoms with Crippen LogP contribution in [-0.4, -0.2) is 58.1 Å². The average Bonchev–Trinajstić information content (AvgIpc) is 3.09. The van der Waals surface area contributed by atoms with Crippen molar-refractivity contribution >= 4 is 46.9 Å². The molecule has 12 nitrogen and oxygen atoms in total. The lowest BCUT2D eigenvalue weighted by atomic mass is 10.1. The number of aliphatic imine (C=N–C) groups is 1. The summed E-state index contributed by atoms with van der Waals surface area (Å²) in [6.45, 7) is 2.04. The van der Waals surface area contributed by atoms with Gasteiger partial charge in [-0.05, 0) is 56.0 Å². The van der Waals surface area contributed by atoms with Crippen LogP contribution in [0.5, 0.6) is 0 Å². The van der Waals surface area contributed by atoms with E-state index in [1.807, 2.05) is 0 Å². The van der Waals surface area contributed by atoms with Crippen molar-refractivity contribution in [2.24, 2.45) is 21.6 Å². The Morgan fingerprint density at radius 2 is 1.97 bits per heavy atom. The number of Topliss-reactive ketones (excluding diaryl/α,β-unsaturated/α-hetero) is 1. The summed E-state index contributed by atoms with van der Waals surface area (Å²) in [6.07, 6.45) is 3.39. The summed E-state index contributed by atoms with van der Waals surface area (Å²) >= 11 is 1.30. The second-order valence-corrected chi connectivity index (χ2v) is 9.21. The number of carbonyl (C=O) groups is 4. The summed E-state index contributed by atoms with van der Waals surface area (Å²) in [5.74, 6) is -0.959. The lowest BCUT2D eigenvalue weighted by Crippen LogP contribution is -2.34. The van der Waals surface area contributed by atoms with Crippen LogP contribution in [0, 0.1) is 0 Å². The van der Waals surface area contributed by atoms with E-state index in [4.69, 9.17) is 21.8 Å². The Morgan fingerprint density at radius 1 is 1.26 bits per heavy atom. The number of benzene rings is 1. The quantitative estimate of drug-likeness (QED) is 0.0735. The molecule has 4 N–H and O–H groups in total. The summed E-state index contributed by atoms with van der Waals surface area (Å²) in [6, 6.07) is 5.16. The average molecular weight is 504 g/mol. The minimum Gasteiger partial charge on any atom is -0.387 e. The zero-order valence-electron chi connectivity index (χ0n) is 19.5. The number of amidine groups is 1. The molecule has 1 aliphatic heterocycles. The van der Waals surface area contributed by atoms with E-state index in [1.165, 1.54) is 43.0 Å². The van der Waals surface area contributed by atoms with Crippen molar-refractivity contribution in [2.45, 2.75) is 56.7 Å². The maximum atomic E-state index is 12.5. The van der Waals surface area contributed by atoms with Gasteiger partial charge in [-0.2, -0.15) is 0 Å². The van der Waals surface area contributed by atoms with E-state index in [0.29, 0.717) is 48.1 Å². The zero-order chi connectivity index (χ0) is 25.8. The van der Waals surface area contributed by atoms with E-state index in [9.17, 15) is 19.2 Å². The van der Waals surface area contributed by atoms with Crippen LogP contribution >= 0.6 is 11.8 Å². The topological polar surface area (TPSA) is 194 Å². The number of ketones is 1. The van der Waals surface area contributed by atoms with Crippen LogP contribution in [0.1, 0.15) is 55.8 Å². The summed E-state index contributed by atoms with van der Waals surface area (Å²) in [5, 5.41) is 3.28. The molecule has 1 aromatic rings. The molecular weight excluding hydrogens is 474 g/mol. The smallest absolute Gasteiger partial charge is 0.363 e. The number of thioether (sulfide) groups is 1. The van der Waals surface area contributed by atoms with Crippen LogP contribution in [0.2, 0.25) is 0 Å². The summed E-state index contributed by atoms with van der Waals surface area (Å²) in [4.78, 5) is 60.0. The predicted octanol–water partition coefficient (Wildman–Crippen LogP) is 2.78. The second-order valence-electron chi connectivity index (χ2n) is 7.89. The van der Waals surface area contributed by atoms with Gasteiger partial charge in [0.15, 0.2) is 0 Å². The van der Waals surface area contributed by atoms with E-state index < -0.39 is 29.1 Å². The molecular formula is C22H29N7O5S. The number of nitrogens with zero attached hydrogens (tertiary/aromatic N) is 5. The molecule has 35 heavy (non-hydrogen) atoms. The number of unbranched alkanes of at least 4 members (excludes halogenated alkanes) is 1. The fourth-order valence-corrected chi connectivity index (χ4v) is 4.21. The minimum absolute atomic E-state index is 0.0209. The van der Waals surface area contributed by atoms with Gasteiger partial charge in [0.2, 0.25) is 0 Å². The number of hydrogen-bond acceptors (Lipinski definition) is 9. The highest BCUT2D eigenvalue weighted by Crippen LogP contribution is 2.27. The number of nitrogens with two attached hydrogens (primary N) is 2. The lowest BCUT2D eigenvalue weighted by molar-refractivity contribution is -0.172. The molecule has 1 saturated heterocycles. The van der Waals surface area contributed by atoms with Gasteiger partial charge in [-0.25, -0.2) is 4.79 Å². The number of amides is 2. The highest BCUT2D eigenvalue weighted by Gasteiger charge is 2.42. The van der Waals surface area contributed by atoms with Gasteiger partial charge in [0.25, 0.3) is 11.8 Å². The van der Waals surface area contributed by atoms with Crippen LogP contribution in [0.15, 0.2) is 34.4 Å². The third kappa shape index (κ3) is 9.04. The van der Waals surface area contributed by atoms with Gasteiger partial charge in [-0.15, -0.1) is 16.8 Å². The fraction of sp³-hybridized carbons (Fsp3) is 0.500. The normalized spacial score (nSPS) is 16.7. The van der Waals surface area contributed by atoms with Gasteiger partial charge in [0.05, 0.1) is 29.1 Å². The number of hydrogen-bond donors (Lipinski definition) is 2. The van der Waals surface area contributed by atoms with E-state index in [0.717, 1.165) is 12.8 Å². The molecule has 1 aliphatic rings. The Bertz CT molecular complexity index is 1010. The number of hydroxylamine groups is 2. The Balaban J connectivity index is 1.70. The van der Waals surface area contributed by atoms with Crippen LogP contribution in [0.25, 0.3) is 10.4 Å². The molecule has 0 spiro atoms. The third-order valence-corrected chi connectivity index (χ3v) is 6.45. The van der Waals surface area contributed by atoms with Crippen LogP contribution in [0.3, 0.4) is 0 Å². The van der Waals surface area contributed by atoms with E-state index in [2.05, 4.69) is 15.0 Å². The number of azide groups is 1. The van der Waals surface area contributed by atoms with Crippen molar-refractivity contribution in [3.05, 3.63) is 40.3 Å². The van der Waals surface area contributed by atoms with Crippen molar-refractivity contribution in [1.82, 2.24) is 5.06 Å². The van der Waals surface area contributed by atoms with Crippen molar-refractivity contribution < 1.29 is 24.0 Å². The summed E-state index contributed by atoms with van der Waals surface area (Å²) in [7, 11) is 0. The fourth-order valence-electron chi connectivity index (χ4n) is 3.12. The summed E-state index contributed by atoms with van der Waals surface area (Å²) < 4.78 is 0. The molecule has 0 radical (unpaired) electrons. The van der Waals surface area contributed by atoms with Crippen LogP contribution < -0.4 is 11.5 Å². The first-order valence-corrected chi connectivity index (χ1v) is 12.2. The molecule has 13 heteroatoms. The van der Waals surface area contributed by atoms with Crippen molar-refractivity contribution in [3.63, 3.8) is 0 Å². The maximum Gasteiger partial charge on any atom is 0.363 e. The number of rotatable bonds is 14. The van der Waals surface area contributed by atoms with Crippen molar-refractivity contribution in [3.8, 4) is 0 Å². The number of imide groups is 1. The first-order chi connectivity index (χ1) is 16.7. The second kappa shape index (κ2) is 14.1. The standard InChI is InChI=1S/C22H29N7O5S/c1-14(30)17(23)5-2-3-11-26-19(24)6-4-12-35-18-13-20(31)29(21(18)32)34-22(33)15-7-9-16(10-8-15)27-28-25/h7-10,17-18H,2-6,11-13,23H2,1H3,(H2,24,26). The third-order valence-electron chi connectivity index (χ3n) is 5.16. The van der Waals surface area contributed by atoms with Crippen molar-refractivity contribution in [2.75, 3.05) is 12.3 Å². The molecule has 2 amide bonds. The molecule has 1 aromatic carbocycles. The SMILES string of the molecule is CC(=O)C(N)CCCCN=C(N)CCCSC1CC(=O)N(OC(=O)c2ccc(N=[N+]=[N-])cc2)C1=O. The predicted molar refractivity (Wildman–Crippen MR) is 132 cm³/mol. The molecule has 2 atom stereocenters. The molecule has 188 valence electrons. The highest BCUT2D eigenvalue weighted by atomic mass is 32.2. The van der Waals surface area contributed by atoms with E-state index in [1.54, 1.807) is 0 Å². The highest BCUT2D eigenvalue weighted by molar-refractivity contribution is 8.00. The van der Waals surface area contributed by atoms with Crippen LogP contribution in [0.4, 0.5) is 5.69 Å². The van der Waals surface area contributed by atoms with E-state index >= 15 is 0 Å². The molecule has 1 fully saturated rings. The zero-order valence-corrected chi connectivity index (χ0v) is 20.3. The Labute approximate surface area is 207 Å². The van der Waals surface area contributed by atoms with E-state index in [-0.39, 0.29) is 17.8 Å². The number of carbonyl (C=O) groups excluding carboxylic acids is 4. The first kappa shape index (κ1) is 27.8. The van der Waals surface area contributed by atoms with Crippen molar-refractivity contribution in [1.29, 1.82) is 0 Å². The molecule has 2 rings (SSSR count). The first-order valence-electron chi connectivity index (χ1n) is 11.1. The molecule has 0 bridgehead atoms. The molecule has 1 heterocycles. The largest absolute Gasteiger partial charge is 0.387 e. The summed E-state index contributed by atoms with van der Waals surface area (Å²) in [5.41, 5.74) is 20.4. The van der Waals surface area contributed by atoms with Gasteiger partial charge in [0, 0.05) is 23.6 Å². The Hall–Kier alpha value is -3.41. The van der Waals surface area contributed by atoms with Gasteiger partial charge in [-0.3, -0.25) is 19.4 Å².